The topological polar surface area (TPSA) is 63.6 Å². The zero-order valence-electron chi connectivity index (χ0n) is 15.0. The van der Waals surface area contributed by atoms with Crippen LogP contribution in [0.25, 0.3) is 0 Å². The summed E-state index contributed by atoms with van der Waals surface area (Å²) in [5.74, 6) is -0.464. The summed E-state index contributed by atoms with van der Waals surface area (Å²) < 4.78 is 39.1. The van der Waals surface area contributed by atoms with Crippen molar-refractivity contribution in [2.45, 2.75) is 23.3 Å². The van der Waals surface area contributed by atoms with Gasteiger partial charge in [0.05, 0.1) is 18.3 Å². The molecular weight excluding hydrogens is 387 g/mol. The van der Waals surface area contributed by atoms with Gasteiger partial charge < -0.3 is 0 Å². The molecular formula is C19H18F3N5S. The van der Waals surface area contributed by atoms with Crippen LogP contribution in [0.2, 0.25) is 0 Å². The van der Waals surface area contributed by atoms with Gasteiger partial charge in [-0.15, -0.1) is 0 Å². The average Bonchev–Trinajstić information content (AvgIpc) is 2.71. The van der Waals surface area contributed by atoms with Crippen LogP contribution in [0.4, 0.5) is 13.2 Å². The minimum atomic E-state index is -4.36. The lowest BCUT2D eigenvalue weighted by molar-refractivity contribution is -0.126. The summed E-state index contributed by atoms with van der Waals surface area (Å²) in [6, 6.07) is 8.07. The molecule has 9 heteroatoms. The first-order valence-electron chi connectivity index (χ1n) is 8.45. The summed E-state index contributed by atoms with van der Waals surface area (Å²) in [6.45, 7) is -1.15. The molecule has 0 bridgehead atoms. The second-order valence-corrected chi connectivity index (χ2v) is 6.77. The van der Waals surface area contributed by atoms with Crippen molar-refractivity contribution in [3.8, 4) is 0 Å². The smallest absolute Gasteiger partial charge is 0.300 e. The zero-order valence-corrected chi connectivity index (χ0v) is 15.8. The van der Waals surface area contributed by atoms with Crippen LogP contribution in [-0.2, 0) is 0 Å². The van der Waals surface area contributed by atoms with E-state index < -0.39 is 24.7 Å². The van der Waals surface area contributed by atoms with E-state index in [0.717, 1.165) is 11.1 Å². The van der Waals surface area contributed by atoms with E-state index in [0.29, 0.717) is 10.9 Å². The molecule has 146 valence electrons. The molecule has 0 aliphatic carbocycles. The van der Waals surface area contributed by atoms with Crippen molar-refractivity contribution in [3.05, 3.63) is 78.1 Å². The third-order valence-corrected chi connectivity index (χ3v) is 4.66. The average molecular weight is 405 g/mol. The Labute approximate surface area is 164 Å². The molecule has 3 aromatic heterocycles. The van der Waals surface area contributed by atoms with Gasteiger partial charge in [0.25, 0.3) is 0 Å². The second kappa shape index (κ2) is 9.11. The van der Waals surface area contributed by atoms with Crippen molar-refractivity contribution < 1.29 is 13.2 Å². The van der Waals surface area contributed by atoms with E-state index in [1.165, 1.54) is 11.8 Å². The molecule has 0 saturated carbocycles. The number of halogens is 3. The molecule has 3 aromatic rings. The molecule has 3 heterocycles. The largest absolute Gasteiger partial charge is 0.401 e. The Morgan fingerprint density at radius 2 is 1.64 bits per heavy atom. The Hall–Kier alpha value is -2.52. The first-order valence-corrected chi connectivity index (χ1v) is 9.67. The molecule has 0 radical (unpaired) electrons. The van der Waals surface area contributed by atoms with E-state index in [4.69, 9.17) is 0 Å². The molecule has 3 rings (SSSR count). The van der Waals surface area contributed by atoms with Gasteiger partial charge in [0.1, 0.15) is 0 Å². The fourth-order valence-electron chi connectivity index (χ4n) is 2.94. The first-order chi connectivity index (χ1) is 13.5. The zero-order chi connectivity index (χ0) is 20.0. The third-order valence-electron chi connectivity index (χ3n) is 4.10. The highest BCUT2D eigenvalue weighted by atomic mass is 32.2. The summed E-state index contributed by atoms with van der Waals surface area (Å²) in [6.07, 6.45) is 5.56. The molecule has 1 N–H and O–H groups in total. The number of nitrogens with zero attached hydrogens (tertiary/aromatic N) is 4. The van der Waals surface area contributed by atoms with Crippen LogP contribution in [0.15, 0.2) is 66.5 Å². The van der Waals surface area contributed by atoms with E-state index >= 15 is 0 Å². The van der Waals surface area contributed by atoms with Crippen LogP contribution in [0, 0.1) is 0 Å². The lowest BCUT2D eigenvalue weighted by Gasteiger charge is -2.29. The molecule has 0 spiro atoms. The Morgan fingerprint density at radius 3 is 2.14 bits per heavy atom. The molecule has 1 unspecified atom stereocenters. The number of aromatic nitrogens is 4. The van der Waals surface area contributed by atoms with Crippen molar-refractivity contribution in [1.82, 2.24) is 25.3 Å². The molecule has 28 heavy (non-hydrogen) atoms. The molecule has 0 saturated heterocycles. The van der Waals surface area contributed by atoms with E-state index in [1.54, 1.807) is 49.2 Å². The molecule has 0 aliphatic rings. The normalized spacial score (nSPS) is 12.9. The maximum atomic E-state index is 13.0. The van der Waals surface area contributed by atoms with E-state index in [1.807, 2.05) is 18.4 Å². The second-order valence-electron chi connectivity index (χ2n) is 5.99. The van der Waals surface area contributed by atoms with E-state index in [-0.39, 0.29) is 0 Å². The molecule has 1 atom stereocenters. The monoisotopic (exact) mass is 405 g/mol. The maximum Gasteiger partial charge on any atom is 0.401 e. The Kier molecular flexibility index (Phi) is 6.58. The van der Waals surface area contributed by atoms with Crippen molar-refractivity contribution in [1.29, 1.82) is 0 Å². The number of hydrogen-bond donors (Lipinski definition) is 1. The first kappa shape index (κ1) is 20.2. The fraction of sp³-hybridized carbons (Fsp3) is 0.263. The third kappa shape index (κ3) is 5.26. The van der Waals surface area contributed by atoms with E-state index in [2.05, 4.69) is 25.3 Å². The standard InChI is InChI=1S/C19H18F3N5S/c1-28-18-25-9-6-15(27-18)17(26-12-19(20,21)22)16(13-4-2-7-23-10-13)14-5-3-8-24-11-14/h2-11,16-17,26H,12H2,1H3. The summed E-state index contributed by atoms with van der Waals surface area (Å²) >= 11 is 1.33. The number of hydrogen-bond acceptors (Lipinski definition) is 6. The predicted octanol–water partition coefficient (Wildman–Crippen LogP) is 4.01. The molecule has 0 aromatic carbocycles. The maximum absolute atomic E-state index is 13.0. The van der Waals surface area contributed by atoms with Crippen LogP contribution in [-0.4, -0.2) is 38.9 Å². The van der Waals surface area contributed by atoms with Crippen LogP contribution < -0.4 is 5.32 Å². The Bertz CT molecular complexity index is 838. The van der Waals surface area contributed by atoms with Crippen molar-refractivity contribution in [3.63, 3.8) is 0 Å². The Morgan fingerprint density at radius 1 is 1.00 bits per heavy atom. The summed E-state index contributed by atoms with van der Waals surface area (Å²) in [5, 5.41) is 3.14. The molecule has 0 aliphatic heterocycles. The van der Waals surface area contributed by atoms with Gasteiger partial charge in [0.15, 0.2) is 5.16 Å². The van der Waals surface area contributed by atoms with Gasteiger partial charge in [0.2, 0.25) is 0 Å². The number of rotatable bonds is 7. The number of nitrogens with one attached hydrogen (secondary N) is 1. The predicted molar refractivity (Wildman–Crippen MR) is 101 cm³/mol. The van der Waals surface area contributed by atoms with E-state index in [9.17, 15) is 13.2 Å². The molecule has 0 fully saturated rings. The number of alkyl halides is 3. The van der Waals surface area contributed by atoms with Gasteiger partial charge in [-0.3, -0.25) is 15.3 Å². The summed E-state index contributed by atoms with van der Waals surface area (Å²) in [4.78, 5) is 16.9. The molecule has 0 amide bonds. The lowest BCUT2D eigenvalue weighted by Crippen LogP contribution is -2.36. The quantitative estimate of drug-likeness (QED) is 0.473. The van der Waals surface area contributed by atoms with Gasteiger partial charge in [-0.1, -0.05) is 23.9 Å². The minimum absolute atomic E-state index is 0.464. The van der Waals surface area contributed by atoms with Crippen LogP contribution >= 0.6 is 11.8 Å². The van der Waals surface area contributed by atoms with Gasteiger partial charge in [-0.2, -0.15) is 13.2 Å². The number of thioether (sulfide) groups is 1. The Balaban J connectivity index is 2.10. The fourth-order valence-corrected chi connectivity index (χ4v) is 3.30. The lowest BCUT2D eigenvalue weighted by atomic mass is 9.85. The van der Waals surface area contributed by atoms with Crippen LogP contribution in [0.3, 0.4) is 0 Å². The minimum Gasteiger partial charge on any atom is -0.300 e. The SMILES string of the molecule is CSc1nccc(C(NCC(F)(F)F)C(c2cccnc2)c2cccnc2)n1. The van der Waals surface area contributed by atoms with Crippen molar-refractivity contribution in [2.75, 3.05) is 12.8 Å². The van der Waals surface area contributed by atoms with Crippen LogP contribution in [0.5, 0.6) is 0 Å². The highest BCUT2D eigenvalue weighted by Gasteiger charge is 2.33. The van der Waals surface area contributed by atoms with Crippen molar-refractivity contribution in [2.24, 2.45) is 0 Å². The van der Waals surface area contributed by atoms with Gasteiger partial charge in [-0.25, -0.2) is 9.97 Å². The van der Waals surface area contributed by atoms with Gasteiger partial charge in [-0.05, 0) is 35.6 Å². The summed E-state index contributed by atoms with van der Waals surface area (Å²) in [5.41, 5.74) is 2.00. The highest BCUT2D eigenvalue weighted by molar-refractivity contribution is 7.98. The highest BCUT2D eigenvalue weighted by Crippen LogP contribution is 2.36. The molecule has 5 nitrogen and oxygen atoms in total. The van der Waals surface area contributed by atoms with Crippen molar-refractivity contribution >= 4 is 11.8 Å². The van der Waals surface area contributed by atoms with Gasteiger partial charge in [0, 0.05) is 36.9 Å². The number of pyridine rings is 2. The van der Waals surface area contributed by atoms with Crippen LogP contribution in [0.1, 0.15) is 28.8 Å². The van der Waals surface area contributed by atoms with Gasteiger partial charge >= 0.3 is 6.18 Å². The summed E-state index contributed by atoms with van der Waals surface area (Å²) in [7, 11) is 0.